The van der Waals surface area contributed by atoms with E-state index in [2.05, 4.69) is 31.7 Å². The van der Waals surface area contributed by atoms with Gasteiger partial charge in [0.1, 0.15) is 11.9 Å². The maximum Gasteiger partial charge on any atom is 0.126 e. The largest absolute Gasteiger partial charge is 0.366 e. The molecule has 7 heteroatoms. The molecule has 0 aliphatic carbocycles. The van der Waals surface area contributed by atoms with Crippen molar-refractivity contribution in [2.24, 2.45) is 0 Å². The quantitative estimate of drug-likeness (QED) is 0.507. The number of anilines is 3. The number of benzene rings is 1. The van der Waals surface area contributed by atoms with E-state index < -0.39 is 0 Å². The Bertz CT molecular complexity index is 1170. The zero-order chi connectivity index (χ0) is 19.3. The summed E-state index contributed by atoms with van der Waals surface area (Å²) in [5.41, 5.74) is 3.64. The average Bonchev–Trinajstić information content (AvgIpc) is 2.73. The molecule has 0 saturated heterocycles. The van der Waals surface area contributed by atoms with Crippen LogP contribution in [-0.4, -0.2) is 15.0 Å². The first kappa shape index (κ1) is 17.7. The third-order valence-electron chi connectivity index (χ3n) is 4.17. The van der Waals surface area contributed by atoms with Crippen LogP contribution in [0.3, 0.4) is 0 Å². The van der Waals surface area contributed by atoms with Gasteiger partial charge in [-0.15, -0.1) is 0 Å². The van der Waals surface area contributed by atoms with Gasteiger partial charge in [-0.05, 0) is 35.9 Å². The van der Waals surface area contributed by atoms with Crippen LogP contribution < -0.4 is 10.6 Å². The van der Waals surface area contributed by atoms with Crippen molar-refractivity contribution in [3.63, 3.8) is 0 Å². The van der Waals surface area contributed by atoms with E-state index in [1.54, 1.807) is 36.9 Å². The highest BCUT2D eigenvalue weighted by atomic mass is 35.5. The van der Waals surface area contributed by atoms with E-state index in [-0.39, 0.29) is 0 Å². The first-order valence-electron chi connectivity index (χ1n) is 8.57. The Morgan fingerprint density at radius 3 is 2.75 bits per heavy atom. The number of fused-ring (bicyclic) bond motifs is 1. The molecule has 0 saturated carbocycles. The van der Waals surface area contributed by atoms with E-state index in [1.165, 1.54) is 0 Å². The lowest BCUT2D eigenvalue weighted by molar-refractivity contribution is 1.09. The first-order chi connectivity index (χ1) is 13.7. The summed E-state index contributed by atoms with van der Waals surface area (Å²) in [6.45, 7) is 0.592. The van der Waals surface area contributed by atoms with Crippen LogP contribution in [0.2, 0.25) is 5.02 Å². The van der Waals surface area contributed by atoms with E-state index in [0.717, 1.165) is 16.6 Å². The number of hydrogen-bond donors (Lipinski definition) is 2. The predicted molar refractivity (Wildman–Crippen MR) is 111 cm³/mol. The maximum absolute atomic E-state index is 9.54. The number of rotatable bonds is 5. The average molecular weight is 387 g/mol. The summed E-state index contributed by atoms with van der Waals surface area (Å²) in [6.07, 6.45) is 6.76. The fraction of sp³-hybridized carbons (Fsp3) is 0.0476. The van der Waals surface area contributed by atoms with Gasteiger partial charge in [-0.3, -0.25) is 9.97 Å². The van der Waals surface area contributed by atoms with E-state index in [1.807, 2.05) is 30.3 Å². The second-order valence-electron chi connectivity index (χ2n) is 6.10. The lowest BCUT2D eigenvalue weighted by atomic mass is 10.1. The Morgan fingerprint density at radius 1 is 1.04 bits per heavy atom. The molecule has 3 aromatic heterocycles. The Morgan fingerprint density at radius 2 is 1.96 bits per heavy atom. The van der Waals surface area contributed by atoms with Crippen LogP contribution in [0, 0.1) is 11.3 Å². The lowest BCUT2D eigenvalue weighted by Crippen LogP contribution is -2.03. The molecule has 28 heavy (non-hydrogen) atoms. The minimum Gasteiger partial charge on any atom is -0.366 e. The van der Waals surface area contributed by atoms with Gasteiger partial charge in [-0.2, -0.15) is 5.26 Å². The zero-order valence-corrected chi connectivity index (χ0v) is 15.5. The standard InChI is InChI=1S/C21H15ClN6/c22-16-4-1-5-17(7-16)28-21-15(9-23)12-25-19-13-27-20(8-18(19)21)26-11-14-3-2-6-24-10-14/h1-8,10,12-13H,11H2,(H,25,28)(H,26,27). The SMILES string of the molecule is N#Cc1cnc2cnc(NCc3cccnc3)cc2c1Nc1cccc(Cl)c1. The Kier molecular flexibility index (Phi) is 5.00. The fourth-order valence-corrected chi connectivity index (χ4v) is 3.01. The van der Waals surface area contributed by atoms with E-state index in [4.69, 9.17) is 11.6 Å². The number of hydrogen-bond acceptors (Lipinski definition) is 6. The minimum atomic E-state index is 0.442. The summed E-state index contributed by atoms with van der Waals surface area (Å²) in [4.78, 5) is 12.9. The monoisotopic (exact) mass is 386 g/mol. The highest BCUT2D eigenvalue weighted by molar-refractivity contribution is 6.30. The number of pyridine rings is 3. The normalized spacial score (nSPS) is 10.4. The number of nitrogens with zero attached hydrogens (tertiary/aromatic N) is 4. The van der Waals surface area contributed by atoms with Crippen molar-refractivity contribution in [1.29, 1.82) is 5.26 Å². The van der Waals surface area contributed by atoms with Crippen LogP contribution in [0.5, 0.6) is 0 Å². The van der Waals surface area contributed by atoms with Crippen LogP contribution in [0.25, 0.3) is 10.9 Å². The van der Waals surface area contributed by atoms with Gasteiger partial charge in [0.2, 0.25) is 0 Å². The van der Waals surface area contributed by atoms with Gasteiger partial charge >= 0.3 is 0 Å². The summed E-state index contributed by atoms with van der Waals surface area (Å²) < 4.78 is 0. The van der Waals surface area contributed by atoms with Crippen molar-refractivity contribution in [3.8, 4) is 6.07 Å². The molecule has 1 aromatic carbocycles. The smallest absolute Gasteiger partial charge is 0.126 e. The third kappa shape index (κ3) is 3.85. The molecule has 136 valence electrons. The molecule has 0 bridgehead atoms. The third-order valence-corrected chi connectivity index (χ3v) is 4.40. The molecule has 0 aliphatic rings. The van der Waals surface area contributed by atoms with Gasteiger partial charge in [0, 0.05) is 41.2 Å². The lowest BCUT2D eigenvalue weighted by Gasteiger charge is -2.13. The molecule has 0 aliphatic heterocycles. The Labute approximate surface area is 166 Å². The molecule has 0 radical (unpaired) electrons. The molecule has 0 fully saturated rings. The van der Waals surface area contributed by atoms with Crippen molar-refractivity contribution in [2.75, 3.05) is 10.6 Å². The molecule has 0 atom stereocenters. The van der Waals surface area contributed by atoms with Crippen molar-refractivity contribution < 1.29 is 0 Å². The molecule has 6 nitrogen and oxygen atoms in total. The molecule has 0 spiro atoms. The molecular weight excluding hydrogens is 372 g/mol. The fourth-order valence-electron chi connectivity index (χ4n) is 2.82. The van der Waals surface area contributed by atoms with Crippen LogP contribution >= 0.6 is 11.6 Å². The van der Waals surface area contributed by atoms with Crippen LogP contribution in [0.15, 0.2) is 67.3 Å². The molecule has 4 rings (SSSR count). The van der Waals surface area contributed by atoms with Crippen molar-refractivity contribution in [2.45, 2.75) is 6.54 Å². The van der Waals surface area contributed by atoms with Gasteiger partial charge in [-0.1, -0.05) is 23.7 Å². The van der Waals surface area contributed by atoms with Crippen molar-refractivity contribution in [1.82, 2.24) is 15.0 Å². The van der Waals surface area contributed by atoms with E-state index in [9.17, 15) is 5.26 Å². The summed E-state index contributed by atoms with van der Waals surface area (Å²) in [5, 5.41) is 17.5. The van der Waals surface area contributed by atoms with E-state index >= 15 is 0 Å². The van der Waals surface area contributed by atoms with Gasteiger partial charge in [0.15, 0.2) is 0 Å². The maximum atomic E-state index is 9.54. The predicted octanol–water partition coefficient (Wildman–Crippen LogP) is 4.91. The molecular formula is C21H15ClN6. The van der Waals surface area contributed by atoms with E-state index in [0.29, 0.717) is 34.2 Å². The topological polar surface area (TPSA) is 86.5 Å². The summed E-state index contributed by atoms with van der Waals surface area (Å²) >= 11 is 6.09. The zero-order valence-electron chi connectivity index (χ0n) is 14.7. The van der Waals surface area contributed by atoms with Crippen LogP contribution in [0.4, 0.5) is 17.2 Å². The first-order valence-corrected chi connectivity index (χ1v) is 8.95. The van der Waals surface area contributed by atoms with Gasteiger partial charge in [0.25, 0.3) is 0 Å². The molecule has 3 heterocycles. The molecule has 0 unspecified atom stereocenters. The second kappa shape index (κ2) is 7.91. The number of nitrogens with one attached hydrogen (secondary N) is 2. The summed E-state index contributed by atoms with van der Waals surface area (Å²) in [6, 6.07) is 15.3. The highest BCUT2D eigenvalue weighted by Crippen LogP contribution is 2.30. The summed E-state index contributed by atoms with van der Waals surface area (Å²) in [5.74, 6) is 0.683. The van der Waals surface area contributed by atoms with Crippen LogP contribution in [0.1, 0.15) is 11.1 Å². The molecule has 0 amide bonds. The Balaban J connectivity index is 1.71. The number of halogens is 1. The Hall–Kier alpha value is -3.69. The van der Waals surface area contributed by atoms with Gasteiger partial charge < -0.3 is 10.6 Å². The minimum absolute atomic E-state index is 0.442. The number of aromatic nitrogens is 3. The molecule has 4 aromatic rings. The second-order valence-corrected chi connectivity index (χ2v) is 6.53. The number of nitriles is 1. The summed E-state index contributed by atoms with van der Waals surface area (Å²) in [7, 11) is 0. The van der Waals surface area contributed by atoms with Crippen molar-refractivity contribution >= 4 is 39.7 Å². The van der Waals surface area contributed by atoms with Gasteiger partial charge in [-0.25, -0.2) is 4.98 Å². The highest BCUT2D eigenvalue weighted by Gasteiger charge is 2.11. The van der Waals surface area contributed by atoms with Crippen LogP contribution in [-0.2, 0) is 6.54 Å². The molecule has 2 N–H and O–H groups in total. The van der Waals surface area contributed by atoms with Gasteiger partial charge in [0.05, 0.1) is 23.0 Å². The van der Waals surface area contributed by atoms with Crippen molar-refractivity contribution in [3.05, 3.63) is 83.4 Å².